The van der Waals surface area contributed by atoms with Crippen LogP contribution in [-0.2, 0) is 10.6 Å². The van der Waals surface area contributed by atoms with E-state index in [9.17, 15) is 17.6 Å². The van der Waals surface area contributed by atoms with E-state index in [2.05, 4.69) is 41.0 Å². The van der Waals surface area contributed by atoms with Gasteiger partial charge >= 0.3 is 6.18 Å². The molecule has 0 aliphatic carbocycles. The van der Waals surface area contributed by atoms with Crippen molar-refractivity contribution in [1.29, 1.82) is 0 Å². The number of alkyl halides is 3. The predicted molar refractivity (Wildman–Crippen MR) is 180 cm³/mol. The van der Waals surface area contributed by atoms with Gasteiger partial charge in [-0.15, -0.1) is 0 Å². The van der Waals surface area contributed by atoms with Crippen molar-refractivity contribution in [2.75, 3.05) is 18.5 Å². The Bertz CT molecular complexity index is 1820. The second-order valence-corrected chi connectivity index (χ2v) is 17.0. The summed E-state index contributed by atoms with van der Waals surface area (Å²) in [7, 11) is -2.99. The summed E-state index contributed by atoms with van der Waals surface area (Å²) < 4.78 is 70.5. The maximum atomic E-state index is 14.8. The van der Waals surface area contributed by atoms with Crippen molar-refractivity contribution in [1.82, 2.24) is 15.0 Å². The van der Waals surface area contributed by atoms with Gasteiger partial charge in [-0.1, -0.05) is 93.0 Å². The zero-order valence-corrected chi connectivity index (χ0v) is 28.5. The molecule has 3 aromatic carbocycles. The Kier molecular flexibility index (Phi) is 10.1. The summed E-state index contributed by atoms with van der Waals surface area (Å²) in [4.78, 5) is 12.3. The minimum absolute atomic E-state index is 0.0269. The number of anilines is 1. The molecule has 1 N–H and O–H groups in total. The van der Waals surface area contributed by atoms with Crippen LogP contribution < -0.4 is 20.4 Å². The molecule has 5 aromatic rings. The van der Waals surface area contributed by atoms with Crippen LogP contribution in [0.1, 0.15) is 44.9 Å². The van der Waals surface area contributed by atoms with Crippen LogP contribution in [0.4, 0.5) is 23.4 Å². The first kappa shape index (κ1) is 34.6. The van der Waals surface area contributed by atoms with E-state index in [1.807, 2.05) is 60.7 Å². The van der Waals surface area contributed by atoms with Crippen LogP contribution in [0.25, 0.3) is 10.9 Å². The molecular weight excluding hydrogens is 671 g/mol. The largest absolute Gasteiger partial charge is 0.490 e. The summed E-state index contributed by atoms with van der Waals surface area (Å²) in [5.74, 6) is -1.42. The molecule has 47 heavy (non-hydrogen) atoms. The Morgan fingerprint density at radius 2 is 1.49 bits per heavy atom. The molecule has 5 rings (SSSR count). The lowest BCUT2D eigenvalue weighted by Gasteiger charge is -2.43. The molecule has 6 nitrogen and oxygen atoms in total. The minimum Gasteiger partial charge on any atom is -0.490 e. The van der Waals surface area contributed by atoms with E-state index in [4.69, 9.17) is 32.4 Å². The molecular formula is C34H32Cl2F4N4O2Si. The van der Waals surface area contributed by atoms with Gasteiger partial charge in [0.1, 0.15) is 34.7 Å². The van der Waals surface area contributed by atoms with Crippen LogP contribution in [0.5, 0.6) is 5.75 Å². The van der Waals surface area contributed by atoms with Crippen molar-refractivity contribution in [2.45, 2.75) is 45.0 Å². The highest BCUT2D eigenvalue weighted by Gasteiger charge is 2.50. The van der Waals surface area contributed by atoms with Crippen LogP contribution in [0.15, 0.2) is 85.1 Å². The molecule has 0 saturated carbocycles. The highest BCUT2D eigenvalue weighted by molar-refractivity contribution is 6.99. The highest BCUT2D eigenvalue weighted by atomic mass is 35.5. The van der Waals surface area contributed by atoms with Crippen LogP contribution >= 0.6 is 23.2 Å². The quantitative estimate of drug-likeness (QED) is 0.0517. The molecule has 0 aliphatic heterocycles. The second kappa shape index (κ2) is 13.8. The minimum atomic E-state index is -4.91. The molecule has 246 valence electrons. The van der Waals surface area contributed by atoms with E-state index in [1.165, 1.54) is 12.3 Å². The zero-order valence-electron chi connectivity index (χ0n) is 26.0. The van der Waals surface area contributed by atoms with Crippen LogP contribution in [0.2, 0.25) is 15.5 Å². The number of hydrogen-bond donors (Lipinski definition) is 1. The molecule has 0 aliphatic rings. The standard InChI is InChI=1S/C34H32Cl2F4N4O2Si/c1-21(42-31-26-19-29(35)41-20-28(26)43-32(36)44-31)25-17-22(37)18-27(34(38,39)40)30(25)45-15-16-46-47(33(2,3)4,23-11-7-5-8-12-23)24-13-9-6-10-14-24/h5-14,17-21H,15-16H2,1-4H3,(H,42,43,44)/t21-/m1/s1. The molecule has 0 saturated heterocycles. The van der Waals surface area contributed by atoms with Crippen molar-refractivity contribution in [3.8, 4) is 5.75 Å². The van der Waals surface area contributed by atoms with Gasteiger partial charge < -0.3 is 14.5 Å². The third-order valence-electron chi connectivity index (χ3n) is 7.79. The maximum Gasteiger partial charge on any atom is 0.420 e. The highest BCUT2D eigenvalue weighted by Crippen LogP contribution is 2.42. The number of aromatic nitrogens is 3. The van der Waals surface area contributed by atoms with Crippen molar-refractivity contribution >= 4 is 58.6 Å². The fourth-order valence-electron chi connectivity index (χ4n) is 5.78. The Balaban J connectivity index is 1.49. The number of nitrogens with one attached hydrogen (secondary N) is 1. The summed E-state index contributed by atoms with van der Waals surface area (Å²) in [6.07, 6.45) is -3.51. The summed E-state index contributed by atoms with van der Waals surface area (Å²) in [5, 5.41) is 5.16. The van der Waals surface area contributed by atoms with Gasteiger partial charge in [0.05, 0.1) is 24.4 Å². The van der Waals surface area contributed by atoms with E-state index in [0.29, 0.717) is 17.0 Å². The molecule has 0 bridgehead atoms. The Morgan fingerprint density at radius 3 is 2.06 bits per heavy atom. The summed E-state index contributed by atoms with van der Waals surface area (Å²) in [6.45, 7) is 7.59. The molecule has 1 atom stereocenters. The Hall–Kier alpha value is -3.77. The average Bonchev–Trinajstić information content (AvgIpc) is 3.01. The summed E-state index contributed by atoms with van der Waals surface area (Å²) in [5.41, 5.74) is -0.966. The van der Waals surface area contributed by atoms with Crippen molar-refractivity contribution in [3.63, 3.8) is 0 Å². The van der Waals surface area contributed by atoms with Crippen molar-refractivity contribution < 1.29 is 26.7 Å². The normalized spacial score (nSPS) is 13.1. The lowest BCUT2D eigenvalue weighted by atomic mass is 10.0. The number of hydrogen-bond acceptors (Lipinski definition) is 6. The summed E-state index contributed by atoms with van der Waals surface area (Å²) in [6, 6.07) is 21.7. The lowest BCUT2D eigenvalue weighted by Crippen LogP contribution is -2.66. The number of halogens is 6. The van der Waals surface area contributed by atoms with Crippen molar-refractivity contribution in [2.24, 2.45) is 0 Å². The van der Waals surface area contributed by atoms with E-state index < -0.39 is 37.7 Å². The van der Waals surface area contributed by atoms with E-state index in [1.54, 1.807) is 6.92 Å². The first-order valence-electron chi connectivity index (χ1n) is 14.7. The van der Waals surface area contributed by atoms with Gasteiger partial charge in [0, 0.05) is 10.9 Å². The van der Waals surface area contributed by atoms with Gasteiger partial charge in [0.2, 0.25) is 5.28 Å². The molecule has 0 unspecified atom stereocenters. The number of fused-ring (bicyclic) bond motifs is 1. The molecule has 13 heteroatoms. The topological polar surface area (TPSA) is 69.2 Å². The molecule has 2 heterocycles. The monoisotopic (exact) mass is 702 g/mol. The average molecular weight is 704 g/mol. The second-order valence-electron chi connectivity index (χ2n) is 12.0. The molecule has 0 fully saturated rings. The first-order chi connectivity index (χ1) is 22.2. The first-order valence-corrected chi connectivity index (χ1v) is 17.4. The molecule has 2 aromatic heterocycles. The maximum absolute atomic E-state index is 14.8. The van der Waals surface area contributed by atoms with Gasteiger partial charge in [0.25, 0.3) is 8.32 Å². The third kappa shape index (κ3) is 7.38. The smallest absolute Gasteiger partial charge is 0.420 e. The van der Waals surface area contributed by atoms with Crippen LogP contribution in [0.3, 0.4) is 0 Å². The van der Waals surface area contributed by atoms with Gasteiger partial charge in [-0.3, -0.25) is 0 Å². The molecule has 0 spiro atoms. The van der Waals surface area contributed by atoms with Crippen LogP contribution in [-0.4, -0.2) is 36.5 Å². The van der Waals surface area contributed by atoms with Gasteiger partial charge in [-0.05, 0) is 52.1 Å². The number of rotatable bonds is 10. The SMILES string of the molecule is C[C@@H](Nc1nc(Cl)nc2cnc(Cl)cc12)c1cc(F)cc(C(F)(F)F)c1OCCO[Si](c1ccccc1)(c1ccccc1)C(C)(C)C. The zero-order chi connectivity index (χ0) is 34.0. The fourth-order valence-corrected chi connectivity index (χ4v) is 10.7. The number of pyridine rings is 1. The predicted octanol–water partition coefficient (Wildman–Crippen LogP) is 8.62. The Labute approximate surface area is 281 Å². The molecule has 0 radical (unpaired) electrons. The number of ether oxygens (including phenoxy) is 1. The van der Waals surface area contributed by atoms with E-state index >= 15 is 0 Å². The molecule has 0 amide bonds. The van der Waals surface area contributed by atoms with Gasteiger partial charge in [-0.25, -0.2) is 19.3 Å². The van der Waals surface area contributed by atoms with Gasteiger partial charge in [0.15, 0.2) is 0 Å². The van der Waals surface area contributed by atoms with E-state index in [-0.39, 0.29) is 40.1 Å². The van der Waals surface area contributed by atoms with Crippen LogP contribution in [0, 0.1) is 5.82 Å². The van der Waals surface area contributed by atoms with Gasteiger partial charge in [-0.2, -0.15) is 13.2 Å². The third-order valence-corrected chi connectivity index (χ3v) is 13.2. The lowest BCUT2D eigenvalue weighted by molar-refractivity contribution is -0.139. The fraction of sp³-hybridized carbons (Fsp3) is 0.265. The Morgan fingerprint density at radius 1 is 0.872 bits per heavy atom. The van der Waals surface area contributed by atoms with Crippen molar-refractivity contribution in [3.05, 3.63) is 112 Å². The van der Waals surface area contributed by atoms with E-state index in [0.717, 1.165) is 16.4 Å². The summed E-state index contributed by atoms with van der Waals surface area (Å²) >= 11 is 12.2. The number of nitrogens with zero attached hydrogens (tertiary/aromatic N) is 3. The number of benzene rings is 3.